The number of ether oxygens (including phenoxy) is 6. The predicted molar refractivity (Wildman–Crippen MR) is 154 cm³/mol. The summed E-state index contributed by atoms with van der Waals surface area (Å²) in [5.41, 5.74) is 3.11. The highest BCUT2D eigenvalue weighted by Crippen LogP contribution is 2.41. The molecule has 0 N–H and O–H groups in total. The van der Waals surface area contributed by atoms with E-state index in [1.807, 2.05) is 60.7 Å². The summed E-state index contributed by atoms with van der Waals surface area (Å²) in [7, 11) is 6.16. The molecule has 0 aliphatic carbocycles. The Kier molecular flexibility index (Phi) is 9.67. The maximum Gasteiger partial charge on any atom is 0.203 e. The lowest BCUT2D eigenvalue weighted by Crippen LogP contribution is -2.03. The van der Waals surface area contributed by atoms with Crippen LogP contribution in [-0.2, 0) is 13.2 Å². The Morgan fingerprint density at radius 1 is 0.600 bits per heavy atom. The molecule has 0 saturated heterocycles. The average molecular weight is 541 g/mol. The number of hydrogen-bond acceptors (Lipinski definition) is 7. The monoisotopic (exact) mass is 540 g/mol. The van der Waals surface area contributed by atoms with Crippen molar-refractivity contribution < 1.29 is 33.2 Å². The van der Waals surface area contributed by atoms with Crippen molar-refractivity contribution in [1.29, 1.82) is 0 Å². The Morgan fingerprint density at radius 2 is 1.00 bits per heavy atom. The van der Waals surface area contributed by atoms with Gasteiger partial charge in [0.05, 0.1) is 28.4 Å². The van der Waals surface area contributed by atoms with Crippen LogP contribution in [0.3, 0.4) is 0 Å². The smallest absolute Gasteiger partial charge is 0.203 e. The minimum atomic E-state index is -0.242. The third-order valence-electron chi connectivity index (χ3n) is 6.11. The van der Waals surface area contributed by atoms with Gasteiger partial charge in [-0.3, -0.25) is 4.79 Å². The second kappa shape index (κ2) is 13.8. The van der Waals surface area contributed by atoms with Crippen molar-refractivity contribution in [2.75, 3.05) is 28.4 Å². The second-order valence-electron chi connectivity index (χ2n) is 8.71. The molecule has 4 aromatic rings. The van der Waals surface area contributed by atoms with Crippen LogP contribution in [0.1, 0.15) is 27.0 Å². The van der Waals surface area contributed by atoms with Crippen LogP contribution in [0.5, 0.6) is 34.5 Å². The Balaban J connectivity index is 1.54. The summed E-state index contributed by atoms with van der Waals surface area (Å²) in [5, 5.41) is 0. The Morgan fingerprint density at radius 3 is 1.40 bits per heavy atom. The van der Waals surface area contributed by atoms with Gasteiger partial charge in [-0.05, 0) is 47.0 Å². The molecular formula is C33H32O7. The van der Waals surface area contributed by atoms with E-state index in [-0.39, 0.29) is 5.78 Å². The van der Waals surface area contributed by atoms with Crippen LogP contribution in [0.4, 0.5) is 0 Å². The van der Waals surface area contributed by atoms with Crippen molar-refractivity contribution in [3.8, 4) is 34.5 Å². The first-order chi connectivity index (χ1) is 19.6. The third kappa shape index (κ3) is 6.94. The summed E-state index contributed by atoms with van der Waals surface area (Å²) < 4.78 is 34.2. The van der Waals surface area contributed by atoms with E-state index in [2.05, 4.69) is 0 Å². The van der Waals surface area contributed by atoms with E-state index in [1.165, 1.54) is 20.3 Å². The van der Waals surface area contributed by atoms with Crippen LogP contribution in [0, 0.1) is 0 Å². The van der Waals surface area contributed by atoms with Gasteiger partial charge in [0, 0.05) is 5.56 Å². The minimum Gasteiger partial charge on any atom is -0.493 e. The molecule has 0 atom stereocenters. The van der Waals surface area contributed by atoms with Gasteiger partial charge in [-0.1, -0.05) is 66.7 Å². The van der Waals surface area contributed by atoms with E-state index in [0.717, 1.165) is 11.1 Å². The van der Waals surface area contributed by atoms with Crippen molar-refractivity contribution in [3.63, 3.8) is 0 Å². The van der Waals surface area contributed by atoms with Gasteiger partial charge in [0.15, 0.2) is 28.8 Å². The van der Waals surface area contributed by atoms with Gasteiger partial charge in [-0.15, -0.1) is 0 Å². The highest BCUT2D eigenvalue weighted by atomic mass is 16.5. The fourth-order valence-electron chi connectivity index (χ4n) is 4.03. The van der Waals surface area contributed by atoms with Gasteiger partial charge >= 0.3 is 0 Å². The number of ketones is 1. The molecule has 0 bridgehead atoms. The number of methoxy groups -OCH3 is 4. The van der Waals surface area contributed by atoms with E-state index in [0.29, 0.717) is 58.8 Å². The third-order valence-corrected chi connectivity index (χ3v) is 6.11. The lowest BCUT2D eigenvalue weighted by molar-refractivity contribution is 0.104. The molecule has 0 aliphatic rings. The molecular weight excluding hydrogens is 508 g/mol. The molecule has 40 heavy (non-hydrogen) atoms. The fraction of sp³-hybridized carbons (Fsp3) is 0.182. The molecule has 206 valence electrons. The standard InChI is InChI=1S/C33H32O7/c1-35-28-17-25(18-29(36-2)32(28)39-21-23-11-7-5-8-12-23)15-16-27(34)26-19-30(37-3)33(31(20-26)38-4)40-22-24-13-9-6-10-14-24/h5-20H,21-22H2,1-4H3. The SMILES string of the molecule is COc1cc(C=CC(=O)c2cc(OC)c(OCc3ccccc3)c(OC)c2)cc(OC)c1OCc1ccccc1. The quantitative estimate of drug-likeness (QED) is 0.137. The lowest BCUT2D eigenvalue weighted by atomic mass is 10.1. The average Bonchev–Trinajstić information content (AvgIpc) is 3.01. The largest absolute Gasteiger partial charge is 0.493 e. The molecule has 0 aliphatic heterocycles. The molecule has 4 rings (SSSR count). The Bertz CT molecular complexity index is 1400. The molecule has 0 spiro atoms. The van der Waals surface area contributed by atoms with Crippen molar-refractivity contribution in [2.24, 2.45) is 0 Å². The van der Waals surface area contributed by atoms with Gasteiger partial charge in [0.2, 0.25) is 11.5 Å². The molecule has 0 saturated carbocycles. The molecule has 7 heteroatoms. The number of carbonyl (C=O) groups is 1. The Labute approximate surface area is 234 Å². The van der Waals surface area contributed by atoms with E-state index < -0.39 is 0 Å². The first kappa shape index (κ1) is 28.1. The van der Waals surface area contributed by atoms with Gasteiger partial charge < -0.3 is 28.4 Å². The summed E-state index contributed by atoms with van der Waals surface area (Å²) >= 11 is 0. The number of carbonyl (C=O) groups excluding carboxylic acids is 1. The highest BCUT2D eigenvalue weighted by Gasteiger charge is 2.18. The zero-order valence-corrected chi connectivity index (χ0v) is 23.0. The van der Waals surface area contributed by atoms with Crippen LogP contribution in [0.15, 0.2) is 91.0 Å². The van der Waals surface area contributed by atoms with Gasteiger partial charge in [0.25, 0.3) is 0 Å². The normalized spacial score (nSPS) is 10.7. The number of benzene rings is 4. The molecule has 0 radical (unpaired) electrons. The molecule has 0 fully saturated rings. The highest BCUT2D eigenvalue weighted by molar-refractivity contribution is 6.07. The van der Waals surface area contributed by atoms with Crippen LogP contribution in [0.2, 0.25) is 0 Å². The van der Waals surface area contributed by atoms with Crippen molar-refractivity contribution >= 4 is 11.9 Å². The van der Waals surface area contributed by atoms with Crippen LogP contribution in [0.25, 0.3) is 6.08 Å². The van der Waals surface area contributed by atoms with E-state index in [4.69, 9.17) is 28.4 Å². The molecule has 0 aromatic heterocycles. The van der Waals surface area contributed by atoms with Crippen molar-refractivity contribution in [3.05, 3.63) is 113 Å². The lowest BCUT2D eigenvalue weighted by Gasteiger charge is -2.16. The topological polar surface area (TPSA) is 72.5 Å². The molecule has 0 heterocycles. The van der Waals surface area contributed by atoms with Crippen molar-refractivity contribution in [2.45, 2.75) is 13.2 Å². The zero-order valence-electron chi connectivity index (χ0n) is 23.0. The van der Waals surface area contributed by atoms with Crippen LogP contribution in [-0.4, -0.2) is 34.2 Å². The fourth-order valence-corrected chi connectivity index (χ4v) is 4.03. The maximum atomic E-state index is 13.2. The second-order valence-corrected chi connectivity index (χ2v) is 8.71. The summed E-state index contributed by atoms with van der Waals surface area (Å²) in [6.45, 7) is 0.686. The Hall–Kier alpha value is -4.91. The van der Waals surface area contributed by atoms with E-state index >= 15 is 0 Å². The number of allylic oxidation sites excluding steroid dienone is 1. The molecule has 4 aromatic carbocycles. The summed E-state index contributed by atoms with van der Waals surface area (Å²) in [6.07, 6.45) is 3.16. The number of hydrogen-bond donors (Lipinski definition) is 0. The van der Waals surface area contributed by atoms with Crippen LogP contribution >= 0.6 is 0 Å². The molecule has 0 unspecified atom stereocenters. The summed E-state index contributed by atoms with van der Waals surface area (Å²) in [5.74, 6) is 2.45. The number of rotatable bonds is 13. The minimum absolute atomic E-state index is 0.242. The predicted octanol–water partition coefficient (Wildman–Crippen LogP) is 6.78. The van der Waals surface area contributed by atoms with E-state index in [9.17, 15) is 4.79 Å². The molecule has 7 nitrogen and oxygen atoms in total. The maximum absolute atomic E-state index is 13.2. The molecule has 0 amide bonds. The van der Waals surface area contributed by atoms with Crippen LogP contribution < -0.4 is 28.4 Å². The summed E-state index contributed by atoms with van der Waals surface area (Å²) in [4.78, 5) is 13.2. The first-order valence-electron chi connectivity index (χ1n) is 12.6. The van der Waals surface area contributed by atoms with E-state index in [1.54, 1.807) is 44.6 Å². The zero-order chi connectivity index (χ0) is 28.3. The van der Waals surface area contributed by atoms with Gasteiger partial charge in [-0.25, -0.2) is 0 Å². The van der Waals surface area contributed by atoms with Gasteiger partial charge in [-0.2, -0.15) is 0 Å². The van der Waals surface area contributed by atoms with Crippen molar-refractivity contribution in [1.82, 2.24) is 0 Å². The first-order valence-corrected chi connectivity index (χ1v) is 12.6. The summed E-state index contributed by atoms with van der Waals surface area (Å²) in [6, 6.07) is 26.4. The van der Waals surface area contributed by atoms with Gasteiger partial charge in [0.1, 0.15) is 13.2 Å².